The topological polar surface area (TPSA) is 48.8 Å². The molecule has 0 fully saturated rings. The van der Waals surface area contributed by atoms with Crippen molar-refractivity contribution in [3.63, 3.8) is 0 Å². The summed E-state index contributed by atoms with van der Waals surface area (Å²) in [6, 6.07) is 53.8. The molecule has 5 nitrogen and oxygen atoms in total. The van der Waals surface area contributed by atoms with Gasteiger partial charge in [0.25, 0.3) is 0 Å². The molecule has 52 heavy (non-hydrogen) atoms. The van der Waals surface area contributed by atoms with Crippen LogP contribution >= 0.6 is 11.3 Å². The van der Waals surface area contributed by atoms with Crippen LogP contribution in [-0.2, 0) is 0 Å². The van der Waals surface area contributed by atoms with Crippen molar-refractivity contribution in [3.05, 3.63) is 158 Å². The van der Waals surface area contributed by atoms with E-state index in [0.717, 1.165) is 65.5 Å². The van der Waals surface area contributed by atoms with Crippen LogP contribution in [0.5, 0.6) is 0 Å². The summed E-state index contributed by atoms with van der Waals surface area (Å²) in [7, 11) is 0. The minimum atomic E-state index is 0.635. The van der Waals surface area contributed by atoms with Crippen molar-refractivity contribution in [1.29, 1.82) is 0 Å². The van der Waals surface area contributed by atoms with Crippen LogP contribution in [0.15, 0.2) is 162 Å². The van der Waals surface area contributed by atoms with Crippen LogP contribution in [0.1, 0.15) is 0 Å². The van der Waals surface area contributed by atoms with E-state index in [-0.39, 0.29) is 0 Å². The Bertz CT molecular complexity index is 3330. The Kier molecular flexibility index (Phi) is 5.59. The minimum absolute atomic E-state index is 0.635. The molecule has 242 valence electrons. The zero-order valence-corrected chi connectivity index (χ0v) is 28.4. The fourth-order valence-electron chi connectivity index (χ4n) is 8.37. The van der Waals surface area contributed by atoms with Crippen LogP contribution in [-0.4, -0.2) is 19.1 Å². The highest BCUT2D eigenvalue weighted by atomic mass is 32.1. The normalized spacial score (nSPS) is 12.2. The van der Waals surface area contributed by atoms with Gasteiger partial charge in [0.15, 0.2) is 5.82 Å². The summed E-state index contributed by atoms with van der Waals surface area (Å²) < 4.78 is 13.7. The Labute approximate surface area is 300 Å². The summed E-state index contributed by atoms with van der Waals surface area (Å²) in [6.07, 6.45) is 1.99. The first kappa shape index (κ1) is 28.0. The number of furan rings is 1. The van der Waals surface area contributed by atoms with E-state index in [4.69, 9.17) is 14.4 Å². The van der Waals surface area contributed by atoms with Gasteiger partial charge in [-0.25, -0.2) is 9.97 Å². The van der Waals surface area contributed by atoms with Gasteiger partial charge in [-0.2, -0.15) is 0 Å². The number of nitrogens with zero attached hydrogens (tertiary/aromatic N) is 4. The Morgan fingerprint density at radius 3 is 1.71 bits per heavy atom. The Morgan fingerprint density at radius 1 is 0.481 bits per heavy atom. The number of benzene rings is 7. The molecular weight excluding hydrogens is 657 g/mol. The summed E-state index contributed by atoms with van der Waals surface area (Å²) in [4.78, 5) is 10.5. The zero-order valence-electron chi connectivity index (χ0n) is 27.6. The molecule has 0 unspecified atom stereocenters. The lowest BCUT2D eigenvalue weighted by Crippen LogP contribution is -2.00. The van der Waals surface area contributed by atoms with Crippen LogP contribution < -0.4 is 0 Å². The molecule has 0 saturated heterocycles. The molecule has 6 heteroatoms. The molecule has 7 aromatic carbocycles. The monoisotopic (exact) mass is 682 g/mol. The maximum Gasteiger partial charge on any atom is 0.165 e. The van der Waals surface area contributed by atoms with E-state index in [1.165, 1.54) is 37.3 Å². The lowest BCUT2D eigenvalue weighted by molar-refractivity contribution is 0.669. The van der Waals surface area contributed by atoms with Gasteiger partial charge in [0, 0.05) is 54.3 Å². The molecule has 12 rings (SSSR count). The Balaban J connectivity index is 1.16. The van der Waals surface area contributed by atoms with Crippen LogP contribution in [0, 0.1) is 0 Å². The molecule has 5 heterocycles. The van der Waals surface area contributed by atoms with Crippen molar-refractivity contribution < 1.29 is 4.42 Å². The molecule has 0 bridgehead atoms. The van der Waals surface area contributed by atoms with E-state index >= 15 is 0 Å². The number of hydrogen-bond acceptors (Lipinski definition) is 4. The lowest BCUT2D eigenvalue weighted by Gasteiger charge is -2.14. The van der Waals surface area contributed by atoms with Crippen LogP contribution in [0.2, 0.25) is 0 Å². The molecule has 12 aromatic rings. The van der Waals surface area contributed by atoms with Crippen molar-refractivity contribution >= 4 is 97.2 Å². The average molecular weight is 683 g/mol. The van der Waals surface area contributed by atoms with E-state index in [1.807, 2.05) is 18.3 Å². The third-order valence-electron chi connectivity index (χ3n) is 10.6. The van der Waals surface area contributed by atoms with Crippen LogP contribution in [0.4, 0.5) is 0 Å². The highest BCUT2D eigenvalue weighted by molar-refractivity contribution is 7.25. The Morgan fingerprint density at radius 2 is 1.06 bits per heavy atom. The predicted molar refractivity (Wildman–Crippen MR) is 216 cm³/mol. The largest absolute Gasteiger partial charge is 0.455 e. The number of thiophene rings is 1. The van der Waals surface area contributed by atoms with Gasteiger partial charge >= 0.3 is 0 Å². The van der Waals surface area contributed by atoms with Crippen molar-refractivity contribution in [1.82, 2.24) is 19.1 Å². The number of para-hydroxylation sites is 5. The highest BCUT2D eigenvalue weighted by Gasteiger charge is 2.23. The highest BCUT2D eigenvalue weighted by Crippen LogP contribution is 2.43. The molecule has 0 aliphatic rings. The van der Waals surface area contributed by atoms with Crippen molar-refractivity contribution in [2.45, 2.75) is 0 Å². The van der Waals surface area contributed by atoms with Gasteiger partial charge in [-0.3, -0.25) is 0 Å². The second-order valence-corrected chi connectivity index (χ2v) is 14.4. The van der Waals surface area contributed by atoms with Gasteiger partial charge in [-0.05, 0) is 60.7 Å². The van der Waals surface area contributed by atoms with Gasteiger partial charge in [0.1, 0.15) is 11.2 Å². The van der Waals surface area contributed by atoms with E-state index in [1.54, 1.807) is 11.3 Å². The third-order valence-corrected chi connectivity index (χ3v) is 11.7. The fraction of sp³-hybridized carbons (Fsp3) is 0. The number of hydrogen-bond donors (Lipinski definition) is 0. The van der Waals surface area contributed by atoms with E-state index in [0.29, 0.717) is 5.82 Å². The summed E-state index contributed by atoms with van der Waals surface area (Å²) in [5.74, 6) is 0.635. The minimum Gasteiger partial charge on any atom is -0.455 e. The Hall–Kier alpha value is -6.76. The van der Waals surface area contributed by atoms with Crippen molar-refractivity contribution in [2.24, 2.45) is 0 Å². The zero-order chi connectivity index (χ0) is 33.9. The smallest absolute Gasteiger partial charge is 0.165 e. The maximum absolute atomic E-state index is 6.74. The quantitative estimate of drug-likeness (QED) is 0.186. The predicted octanol–water partition coefficient (Wildman–Crippen LogP) is 12.6. The molecular formula is C46H26N4OS. The standard InChI is InChI=1S/C46H26N4OS/c1-6-16-35-28(11-1)29-12-2-7-17-36(29)49(35)27-21-24-41-34(25-27)44-42(52-41)26-47-46(48-44)43-39(23-22-33-32-15-5-10-20-40(32)51-45(33)43)50-37-18-8-3-13-30(37)31-14-4-9-19-38(31)50/h1-26H. The van der Waals surface area contributed by atoms with Gasteiger partial charge in [0.2, 0.25) is 0 Å². The van der Waals surface area contributed by atoms with Crippen LogP contribution in [0.25, 0.3) is 109 Å². The number of rotatable bonds is 3. The van der Waals surface area contributed by atoms with E-state index in [2.05, 4.69) is 149 Å². The summed E-state index contributed by atoms with van der Waals surface area (Å²) in [5.41, 5.74) is 10.1. The van der Waals surface area contributed by atoms with Gasteiger partial charge in [-0.15, -0.1) is 11.3 Å². The molecule has 5 aromatic heterocycles. The van der Waals surface area contributed by atoms with E-state index < -0.39 is 0 Å². The summed E-state index contributed by atoms with van der Waals surface area (Å²) >= 11 is 1.73. The number of fused-ring (bicyclic) bond motifs is 12. The maximum atomic E-state index is 6.74. The molecule has 0 saturated carbocycles. The first-order valence-corrected chi connectivity index (χ1v) is 18.2. The van der Waals surface area contributed by atoms with Crippen molar-refractivity contribution in [2.75, 3.05) is 0 Å². The number of aromatic nitrogens is 4. The van der Waals surface area contributed by atoms with Gasteiger partial charge in [-0.1, -0.05) is 91.0 Å². The molecule has 0 aliphatic carbocycles. The van der Waals surface area contributed by atoms with Crippen molar-refractivity contribution in [3.8, 4) is 22.8 Å². The summed E-state index contributed by atoms with van der Waals surface area (Å²) in [5, 5.41) is 8.12. The summed E-state index contributed by atoms with van der Waals surface area (Å²) in [6.45, 7) is 0. The van der Waals surface area contributed by atoms with Crippen LogP contribution in [0.3, 0.4) is 0 Å². The average Bonchev–Trinajstić information content (AvgIpc) is 3.95. The second kappa shape index (κ2) is 10.4. The molecule has 0 amide bonds. The third kappa shape index (κ3) is 3.76. The lowest BCUT2D eigenvalue weighted by atomic mass is 10.1. The SMILES string of the molecule is c1ccc2c(c1)oc1c(-c3ncc4sc5ccc(-n6c7ccccc7c7ccccc76)cc5c4n3)c(-n3c4ccccc4c4ccccc43)ccc12. The first-order chi connectivity index (χ1) is 25.8. The van der Waals surface area contributed by atoms with E-state index in [9.17, 15) is 0 Å². The molecule has 0 radical (unpaired) electrons. The first-order valence-electron chi connectivity index (χ1n) is 17.4. The van der Waals surface area contributed by atoms with Gasteiger partial charge < -0.3 is 13.6 Å². The molecule has 0 N–H and O–H groups in total. The second-order valence-electron chi connectivity index (χ2n) is 13.4. The molecule has 0 spiro atoms. The van der Waals surface area contributed by atoms with Gasteiger partial charge in [0.05, 0.1) is 43.5 Å². The molecule has 0 atom stereocenters. The fourth-order valence-corrected chi connectivity index (χ4v) is 9.37. The molecule has 0 aliphatic heterocycles.